The fourth-order valence-corrected chi connectivity index (χ4v) is 13.8. The van der Waals surface area contributed by atoms with E-state index in [1.807, 2.05) is 0 Å². The fourth-order valence-electron chi connectivity index (χ4n) is 9.00. The van der Waals surface area contributed by atoms with E-state index in [-0.39, 0.29) is 0 Å². The Balaban J connectivity index is 1.22. The van der Waals surface area contributed by atoms with Crippen LogP contribution in [-0.2, 0) is 0 Å². The van der Waals surface area contributed by atoms with Gasteiger partial charge in [0.2, 0.25) is 5.78 Å². The highest BCUT2D eigenvalue weighted by Crippen LogP contribution is 2.38. The maximum atomic E-state index is 5.23. The van der Waals surface area contributed by atoms with Crippen molar-refractivity contribution in [1.82, 2.24) is 18.5 Å². The van der Waals surface area contributed by atoms with E-state index in [4.69, 9.17) is 4.98 Å². The van der Waals surface area contributed by atoms with Crippen LogP contribution < -0.4 is 20.7 Å². The Kier molecular flexibility index (Phi) is 6.84. The lowest BCUT2D eigenvalue weighted by atomic mass is 10.1. The highest BCUT2D eigenvalue weighted by Gasteiger charge is 2.41. The van der Waals surface area contributed by atoms with Gasteiger partial charge in [0.05, 0.1) is 38.8 Å². The molecule has 0 atom stereocenters. The van der Waals surface area contributed by atoms with Crippen LogP contribution in [0.2, 0.25) is 0 Å². The summed E-state index contributed by atoms with van der Waals surface area (Å²) in [4.78, 5) is 5.23. The van der Waals surface area contributed by atoms with E-state index in [1.165, 1.54) is 37.0 Å². The molecule has 11 aromatic rings. The van der Waals surface area contributed by atoms with Crippen molar-refractivity contribution >= 4 is 78.5 Å². The zero-order valence-corrected chi connectivity index (χ0v) is 30.4. The van der Waals surface area contributed by atoms with Crippen molar-refractivity contribution in [2.45, 2.75) is 0 Å². The summed E-state index contributed by atoms with van der Waals surface area (Å²) in [5, 5.41) is 7.83. The minimum Gasteiger partial charge on any atom is -0.309 e. The average Bonchev–Trinajstić information content (AvgIpc) is 3.90. The second-order valence-electron chi connectivity index (χ2n) is 14.0. The van der Waals surface area contributed by atoms with Crippen molar-refractivity contribution in [3.8, 4) is 11.4 Å². The fraction of sp³-hybridized carbons (Fsp3) is 0. The summed E-state index contributed by atoms with van der Waals surface area (Å²) >= 11 is 0. The molecule has 0 bridgehead atoms. The molecule has 0 radical (unpaired) electrons. The van der Waals surface area contributed by atoms with Crippen LogP contribution in [0, 0.1) is 0 Å². The van der Waals surface area contributed by atoms with Crippen LogP contribution in [0.4, 0.5) is 0 Å². The Bertz CT molecular complexity index is 3060. The normalized spacial score (nSPS) is 12.1. The summed E-state index contributed by atoms with van der Waals surface area (Å²) in [5.41, 5.74) is 8.94. The second kappa shape index (κ2) is 12.1. The first-order valence-electron chi connectivity index (χ1n) is 18.5. The molecule has 0 unspecified atom stereocenters. The topological polar surface area (TPSA) is 27.2 Å². The van der Waals surface area contributed by atoms with E-state index in [0.717, 1.165) is 44.7 Å². The quantitative estimate of drug-likeness (QED) is 0.125. The molecule has 0 aliphatic carbocycles. The molecule has 11 rings (SSSR count). The lowest BCUT2D eigenvalue weighted by molar-refractivity contribution is 1.12. The minimum absolute atomic E-state index is 0.910. The number of fused-ring (bicyclic) bond motifs is 8. The van der Waals surface area contributed by atoms with Gasteiger partial charge in [-0.2, -0.15) is 0 Å². The first kappa shape index (κ1) is 30.7. The number of rotatable bonds is 6. The smallest absolute Gasteiger partial charge is 0.220 e. The summed E-state index contributed by atoms with van der Waals surface area (Å²) < 4.78 is 7.11. The Morgan fingerprint density at radius 1 is 0.370 bits per heavy atom. The number of nitrogens with zero attached hydrogens (tertiary/aromatic N) is 4. The molecule has 0 saturated carbocycles. The van der Waals surface area contributed by atoms with Crippen LogP contribution >= 0.6 is 0 Å². The maximum absolute atomic E-state index is 5.23. The lowest BCUT2D eigenvalue weighted by Crippen LogP contribution is -2.74. The molecule has 0 spiro atoms. The van der Waals surface area contributed by atoms with Gasteiger partial charge in [-0.25, -0.2) is 4.98 Å². The maximum Gasteiger partial charge on any atom is 0.220 e. The first-order valence-corrected chi connectivity index (χ1v) is 20.5. The Labute approximate surface area is 313 Å². The van der Waals surface area contributed by atoms with Crippen molar-refractivity contribution in [3.63, 3.8) is 0 Å². The third-order valence-corrected chi connectivity index (χ3v) is 16.0. The molecule has 0 amide bonds. The van der Waals surface area contributed by atoms with Gasteiger partial charge in [-0.15, -0.1) is 0 Å². The van der Waals surface area contributed by atoms with Crippen LogP contribution in [-0.4, -0.2) is 26.6 Å². The van der Waals surface area contributed by atoms with E-state index in [0.29, 0.717) is 0 Å². The van der Waals surface area contributed by atoms with E-state index >= 15 is 0 Å². The monoisotopic (exact) mass is 706 g/mol. The third-order valence-electron chi connectivity index (χ3n) is 11.2. The molecule has 0 aliphatic rings. The number of para-hydroxylation sites is 5. The number of aromatic nitrogens is 4. The van der Waals surface area contributed by atoms with Crippen molar-refractivity contribution in [2.24, 2.45) is 0 Å². The summed E-state index contributed by atoms with van der Waals surface area (Å²) in [5.74, 6) is 0.910. The molecule has 8 aromatic carbocycles. The van der Waals surface area contributed by atoms with E-state index in [1.54, 1.807) is 0 Å². The molecule has 0 aliphatic heterocycles. The van der Waals surface area contributed by atoms with Crippen molar-refractivity contribution in [2.75, 3.05) is 0 Å². The highest BCUT2D eigenvalue weighted by atomic mass is 28.3. The molecule has 4 nitrogen and oxygen atoms in total. The zero-order chi connectivity index (χ0) is 35.6. The van der Waals surface area contributed by atoms with Gasteiger partial charge in [0.25, 0.3) is 0 Å². The predicted molar refractivity (Wildman–Crippen MR) is 227 cm³/mol. The summed E-state index contributed by atoms with van der Waals surface area (Å²) in [6.45, 7) is 0. The van der Waals surface area contributed by atoms with Gasteiger partial charge in [-0.3, -0.25) is 8.97 Å². The van der Waals surface area contributed by atoms with Crippen LogP contribution in [0.1, 0.15) is 0 Å². The van der Waals surface area contributed by atoms with Crippen LogP contribution in [0.3, 0.4) is 0 Å². The van der Waals surface area contributed by atoms with Gasteiger partial charge in [0.1, 0.15) is 0 Å². The molecular formula is C49H34N4Si. The van der Waals surface area contributed by atoms with Gasteiger partial charge in [-0.1, -0.05) is 152 Å². The Hall–Kier alpha value is -6.95. The van der Waals surface area contributed by atoms with E-state index < -0.39 is 8.07 Å². The largest absolute Gasteiger partial charge is 0.309 e. The van der Waals surface area contributed by atoms with Crippen LogP contribution in [0.5, 0.6) is 0 Å². The number of benzene rings is 8. The van der Waals surface area contributed by atoms with Crippen LogP contribution in [0.15, 0.2) is 206 Å². The molecule has 54 heavy (non-hydrogen) atoms. The van der Waals surface area contributed by atoms with Gasteiger partial charge < -0.3 is 4.57 Å². The molecular weight excluding hydrogens is 673 g/mol. The lowest BCUT2D eigenvalue weighted by Gasteiger charge is -2.34. The molecule has 254 valence electrons. The van der Waals surface area contributed by atoms with E-state index in [2.05, 4.69) is 220 Å². The number of hydrogen-bond acceptors (Lipinski definition) is 1. The number of imidazole rings is 2. The summed E-state index contributed by atoms with van der Waals surface area (Å²) in [6, 6.07) is 75.4. The predicted octanol–water partition coefficient (Wildman–Crippen LogP) is 8.91. The molecule has 3 heterocycles. The Morgan fingerprint density at radius 2 is 0.889 bits per heavy atom. The molecule has 5 heteroatoms. The zero-order valence-electron chi connectivity index (χ0n) is 29.4. The van der Waals surface area contributed by atoms with Gasteiger partial charge in [0, 0.05) is 16.5 Å². The van der Waals surface area contributed by atoms with Gasteiger partial charge in [-0.05, 0) is 75.3 Å². The summed E-state index contributed by atoms with van der Waals surface area (Å²) in [7, 11) is -2.74. The molecule has 0 fully saturated rings. The SMILES string of the molecule is c1ccc([Si](c2ccccc2)(c2ccccc2)c2cccc(-n3c4ccccc4c4c(-n5c6ccccc6n6c7ccccc7nc56)cccc43)c2)cc1. The molecule has 0 saturated heterocycles. The van der Waals surface area contributed by atoms with Crippen molar-refractivity contribution in [3.05, 3.63) is 206 Å². The second-order valence-corrected chi connectivity index (χ2v) is 17.8. The first-order chi connectivity index (χ1) is 26.8. The number of hydrogen-bond donors (Lipinski definition) is 0. The highest BCUT2D eigenvalue weighted by molar-refractivity contribution is 7.19. The molecule has 0 N–H and O–H groups in total. The Morgan fingerprint density at radius 3 is 1.57 bits per heavy atom. The summed E-state index contributed by atoms with van der Waals surface area (Å²) in [6.07, 6.45) is 0. The van der Waals surface area contributed by atoms with Gasteiger partial charge in [0.15, 0.2) is 8.07 Å². The molecule has 3 aromatic heterocycles. The average molecular weight is 707 g/mol. The van der Waals surface area contributed by atoms with E-state index in [9.17, 15) is 0 Å². The van der Waals surface area contributed by atoms with Crippen molar-refractivity contribution in [1.29, 1.82) is 0 Å². The van der Waals surface area contributed by atoms with Crippen LogP contribution in [0.25, 0.3) is 61.0 Å². The standard InChI is InChI=1S/C49H34N4Si/c1-4-19-36(20-5-1)54(37-21-6-2-7-22-37,38-23-8-3-9-24-38)39-25-16-18-35(34-39)51-42-28-12-10-26-40(42)48-46(51)32-17-33-47(48)53-45-31-15-14-30-44(45)52-43-29-13-11-27-41(43)50-49(52)53/h1-34H. The minimum atomic E-state index is -2.74. The third kappa shape index (κ3) is 4.33. The van der Waals surface area contributed by atoms with Crippen molar-refractivity contribution < 1.29 is 0 Å². The van der Waals surface area contributed by atoms with Gasteiger partial charge >= 0.3 is 0 Å².